The van der Waals surface area contributed by atoms with Crippen LogP contribution in [-0.2, 0) is 4.74 Å². The van der Waals surface area contributed by atoms with Gasteiger partial charge in [-0.25, -0.2) is 0 Å². The number of para-hydroxylation sites is 1. The van der Waals surface area contributed by atoms with Crippen LogP contribution in [0.3, 0.4) is 0 Å². The summed E-state index contributed by atoms with van der Waals surface area (Å²) in [5, 5.41) is 3.39. The molecule has 1 unspecified atom stereocenters. The van der Waals surface area contributed by atoms with Gasteiger partial charge < -0.3 is 14.8 Å². The summed E-state index contributed by atoms with van der Waals surface area (Å²) in [7, 11) is 0. The summed E-state index contributed by atoms with van der Waals surface area (Å²) < 4.78 is 13.5. The molecule has 112 valence electrons. The Labute approximate surface area is 142 Å². The van der Waals surface area contributed by atoms with Gasteiger partial charge in [0.15, 0.2) is 6.10 Å². The number of benzene rings is 1. The van der Waals surface area contributed by atoms with E-state index in [1.54, 1.807) is 11.3 Å². The van der Waals surface area contributed by atoms with Gasteiger partial charge in [0.1, 0.15) is 11.9 Å². The van der Waals surface area contributed by atoms with Crippen LogP contribution in [-0.4, -0.2) is 25.8 Å². The lowest BCUT2D eigenvalue weighted by atomic mass is 10.1. The van der Waals surface area contributed by atoms with Crippen molar-refractivity contribution in [3.63, 3.8) is 0 Å². The first-order chi connectivity index (χ1) is 10.2. The van der Waals surface area contributed by atoms with E-state index in [1.807, 2.05) is 18.2 Å². The lowest BCUT2D eigenvalue weighted by Crippen LogP contribution is -2.43. The van der Waals surface area contributed by atoms with Gasteiger partial charge in [0.25, 0.3) is 0 Å². The molecule has 0 aliphatic carbocycles. The Balaban J connectivity index is 1.86. The summed E-state index contributed by atoms with van der Waals surface area (Å²) in [5.41, 5.74) is 1.15. The summed E-state index contributed by atoms with van der Waals surface area (Å²) in [4.78, 5) is 1.22. The number of thiophene rings is 1. The maximum Gasteiger partial charge on any atom is 0.160 e. The molecule has 1 aliphatic rings. The van der Waals surface area contributed by atoms with Crippen molar-refractivity contribution in [2.45, 2.75) is 19.1 Å². The summed E-state index contributed by atoms with van der Waals surface area (Å²) in [6.07, 6.45) is -0.0137. The van der Waals surface area contributed by atoms with Crippen LogP contribution in [0.2, 0.25) is 0 Å². The van der Waals surface area contributed by atoms with Crippen molar-refractivity contribution >= 4 is 33.9 Å². The molecule has 2 aromatic rings. The first-order valence-corrected chi connectivity index (χ1v) is 8.93. The third-order valence-corrected chi connectivity index (χ3v) is 5.47. The number of hydrogen-bond acceptors (Lipinski definition) is 4. The molecule has 5 heteroatoms. The van der Waals surface area contributed by atoms with Crippen molar-refractivity contribution in [3.05, 3.63) is 49.7 Å². The molecule has 0 saturated carbocycles. The Hall–Kier alpha value is -0.630. The lowest BCUT2D eigenvalue weighted by molar-refractivity contribution is -0.0421. The van der Waals surface area contributed by atoms with Crippen molar-refractivity contribution in [1.29, 1.82) is 0 Å². The van der Waals surface area contributed by atoms with Gasteiger partial charge in [-0.05, 0) is 53.3 Å². The van der Waals surface area contributed by atoms with E-state index in [1.165, 1.54) is 7.76 Å². The molecule has 3 rings (SSSR count). The molecule has 2 heterocycles. The molecule has 1 N–H and O–H groups in total. The zero-order valence-electron chi connectivity index (χ0n) is 11.8. The molecule has 1 aromatic carbocycles. The third kappa shape index (κ3) is 3.77. The standard InChI is InChI=1S/C16H18INO2S/c1-11-4-2-3-5-12(11)20-16(13-10-18-8-9-19-13)14-6-7-15(17)21-14/h2-7,13,16,18H,8-10H2,1H3/t13?,16-/m1/s1. The van der Waals surface area contributed by atoms with Crippen LogP contribution < -0.4 is 10.1 Å². The predicted octanol–water partition coefficient (Wildman–Crippen LogP) is 3.77. The second kappa shape index (κ2) is 7.09. The predicted molar refractivity (Wildman–Crippen MR) is 94.2 cm³/mol. The van der Waals surface area contributed by atoms with Crippen molar-refractivity contribution in [1.82, 2.24) is 5.32 Å². The molecule has 1 fully saturated rings. The van der Waals surface area contributed by atoms with Crippen molar-refractivity contribution in [3.8, 4) is 5.75 Å². The summed E-state index contributed by atoms with van der Waals surface area (Å²) >= 11 is 4.12. The van der Waals surface area contributed by atoms with E-state index in [0.717, 1.165) is 31.0 Å². The van der Waals surface area contributed by atoms with E-state index >= 15 is 0 Å². The fraction of sp³-hybridized carbons (Fsp3) is 0.375. The highest BCUT2D eigenvalue weighted by Gasteiger charge is 2.29. The summed E-state index contributed by atoms with van der Waals surface area (Å²) in [5.74, 6) is 0.931. The van der Waals surface area contributed by atoms with Crippen LogP contribution in [0.1, 0.15) is 16.5 Å². The Bertz CT molecular complexity index is 595. The molecule has 3 nitrogen and oxygen atoms in total. The number of rotatable bonds is 4. The number of halogens is 1. The first kappa shape index (κ1) is 15.3. The molecule has 0 spiro atoms. The van der Waals surface area contributed by atoms with Crippen molar-refractivity contribution in [2.24, 2.45) is 0 Å². The van der Waals surface area contributed by atoms with Gasteiger partial charge in [-0.3, -0.25) is 0 Å². The first-order valence-electron chi connectivity index (χ1n) is 7.04. The quantitative estimate of drug-likeness (QED) is 0.772. The molecule has 1 aromatic heterocycles. The highest BCUT2D eigenvalue weighted by molar-refractivity contribution is 14.1. The largest absolute Gasteiger partial charge is 0.482 e. The Morgan fingerprint density at radius 2 is 2.19 bits per heavy atom. The lowest BCUT2D eigenvalue weighted by Gasteiger charge is -2.31. The Morgan fingerprint density at radius 3 is 2.86 bits per heavy atom. The zero-order valence-corrected chi connectivity index (χ0v) is 14.8. The average Bonchev–Trinajstić information content (AvgIpc) is 2.93. The van der Waals surface area contributed by atoms with Gasteiger partial charge in [0, 0.05) is 18.0 Å². The van der Waals surface area contributed by atoms with E-state index in [9.17, 15) is 0 Å². The van der Waals surface area contributed by atoms with E-state index in [-0.39, 0.29) is 12.2 Å². The van der Waals surface area contributed by atoms with E-state index in [4.69, 9.17) is 9.47 Å². The molecule has 0 radical (unpaired) electrons. The summed E-state index contributed by atoms with van der Waals surface area (Å²) in [6, 6.07) is 12.4. The van der Waals surface area contributed by atoms with E-state index < -0.39 is 0 Å². The zero-order chi connectivity index (χ0) is 14.7. The van der Waals surface area contributed by atoms with Crippen LogP contribution in [0.15, 0.2) is 36.4 Å². The second-order valence-corrected chi connectivity index (χ2v) is 8.07. The fourth-order valence-electron chi connectivity index (χ4n) is 2.40. The van der Waals surface area contributed by atoms with Gasteiger partial charge >= 0.3 is 0 Å². The number of morpholine rings is 1. The molecule has 1 aliphatic heterocycles. The van der Waals surface area contributed by atoms with Crippen LogP contribution in [0.5, 0.6) is 5.75 Å². The van der Waals surface area contributed by atoms with E-state index in [0.29, 0.717) is 0 Å². The number of hydrogen-bond donors (Lipinski definition) is 1. The molecule has 2 atom stereocenters. The van der Waals surface area contributed by atoms with Crippen LogP contribution >= 0.6 is 33.9 Å². The minimum absolute atomic E-state index is 0.0489. The molecular formula is C16H18INO2S. The SMILES string of the molecule is Cc1ccccc1O[C@@H](c1ccc(I)s1)C1CNCCO1. The highest BCUT2D eigenvalue weighted by Crippen LogP contribution is 2.33. The minimum Gasteiger partial charge on any atom is -0.482 e. The second-order valence-electron chi connectivity index (χ2n) is 5.06. The molecule has 21 heavy (non-hydrogen) atoms. The smallest absolute Gasteiger partial charge is 0.160 e. The highest BCUT2D eigenvalue weighted by atomic mass is 127. The fourth-order valence-corrected chi connectivity index (χ4v) is 4.16. The minimum atomic E-state index is -0.0626. The van der Waals surface area contributed by atoms with E-state index in [2.05, 4.69) is 53.0 Å². The van der Waals surface area contributed by atoms with Crippen LogP contribution in [0.4, 0.5) is 0 Å². The maximum atomic E-state index is 6.33. The Kier molecular flexibility index (Phi) is 5.15. The summed E-state index contributed by atoms with van der Waals surface area (Å²) in [6.45, 7) is 4.55. The van der Waals surface area contributed by atoms with Gasteiger partial charge in [-0.1, -0.05) is 18.2 Å². The maximum absolute atomic E-state index is 6.33. The molecule has 1 saturated heterocycles. The van der Waals surface area contributed by atoms with Gasteiger partial charge in [0.05, 0.1) is 9.49 Å². The molecule has 0 amide bonds. The van der Waals surface area contributed by atoms with Gasteiger partial charge in [-0.15, -0.1) is 11.3 Å². The normalized spacial score (nSPS) is 20.2. The number of aryl methyl sites for hydroxylation is 1. The van der Waals surface area contributed by atoms with Gasteiger partial charge in [0.2, 0.25) is 0 Å². The number of ether oxygens (including phenoxy) is 2. The van der Waals surface area contributed by atoms with Gasteiger partial charge in [-0.2, -0.15) is 0 Å². The topological polar surface area (TPSA) is 30.5 Å². The van der Waals surface area contributed by atoms with Crippen molar-refractivity contribution in [2.75, 3.05) is 19.7 Å². The number of nitrogens with one attached hydrogen (secondary N) is 1. The third-order valence-electron chi connectivity index (χ3n) is 3.52. The van der Waals surface area contributed by atoms with Crippen molar-refractivity contribution < 1.29 is 9.47 Å². The van der Waals surface area contributed by atoms with Crippen LogP contribution in [0, 0.1) is 9.81 Å². The van der Waals surface area contributed by atoms with Crippen LogP contribution in [0.25, 0.3) is 0 Å². The molecular weight excluding hydrogens is 397 g/mol. The average molecular weight is 415 g/mol. The Morgan fingerprint density at radius 1 is 1.33 bits per heavy atom. The monoisotopic (exact) mass is 415 g/mol. The molecule has 0 bridgehead atoms.